The van der Waals surface area contributed by atoms with Crippen LogP contribution in [-0.2, 0) is 15.0 Å². The smallest absolute Gasteiger partial charge is 0.387 e. The zero-order chi connectivity index (χ0) is 21.4. The maximum absolute atomic E-state index is 12.8. The largest absolute Gasteiger partial charge is 0.487 e. The molecule has 1 aliphatic carbocycles. The number of nitriles is 1. The van der Waals surface area contributed by atoms with E-state index >= 15 is 0 Å². The van der Waals surface area contributed by atoms with E-state index in [1.54, 1.807) is 0 Å². The monoisotopic (exact) mass is 411 g/mol. The van der Waals surface area contributed by atoms with E-state index in [0.29, 0.717) is 5.56 Å². The van der Waals surface area contributed by atoms with E-state index in [1.165, 1.54) is 18.2 Å². The fourth-order valence-electron chi connectivity index (χ4n) is 3.51. The maximum Gasteiger partial charge on any atom is 0.387 e. The molecule has 0 aromatic heterocycles. The van der Waals surface area contributed by atoms with E-state index in [0.717, 1.165) is 25.7 Å². The Morgan fingerprint density at radius 2 is 1.72 bits per heavy atom. The first-order valence-corrected chi connectivity index (χ1v) is 9.36. The molecule has 0 radical (unpaired) electrons. The number of hydrogen-bond donors (Lipinski definition) is 2. The summed E-state index contributed by atoms with van der Waals surface area (Å²) in [5.74, 6) is -2.39. The summed E-state index contributed by atoms with van der Waals surface area (Å²) in [7, 11) is 0. The van der Waals surface area contributed by atoms with Gasteiger partial charge in [-0.3, -0.25) is 9.59 Å². The van der Waals surface area contributed by atoms with Gasteiger partial charge in [0.25, 0.3) is 0 Å². The Hall–Kier alpha value is -2.89. The molecule has 0 aliphatic heterocycles. The number of rotatable bonds is 11. The Kier molecular flexibility index (Phi) is 7.76. The number of alkyl halides is 2. The van der Waals surface area contributed by atoms with Gasteiger partial charge in [0.15, 0.2) is 11.5 Å². The summed E-state index contributed by atoms with van der Waals surface area (Å²) in [6, 6.07) is 6.07. The number of ether oxygens (including phenoxy) is 2. The average molecular weight is 411 g/mol. The molecular weight excluding hydrogens is 388 g/mol. The number of aliphatic carboxylic acids is 2. The Morgan fingerprint density at radius 1 is 1.14 bits per heavy atom. The van der Waals surface area contributed by atoms with Crippen molar-refractivity contribution >= 4 is 11.9 Å². The lowest BCUT2D eigenvalue weighted by molar-refractivity contribution is -0.137. The van der Waals surface area contributed by atoms with Crippen molar-refractivity contribution in [2.75, 3.05) is 0 Å². The van der Waals surface area contributed by atoms with Gasteiger partial charge in [0.1, 0.15) is 0 Å². The van der Waals surface area contributed by atoms with Crippen molar-refractivity contribution in [2.45, 2.75) is 69.5 Å². The van der Waals surface area contributed by atoms with Gasteiger partial charge >= 0.3 is 18.6 Å². The van der Waals surface area contributed by atoms with Crippen LogP contribution in [0.3, 0.4) is 0 Å². The molecule has 0 heterocycles. The van der Waals surface area contributed by atoms with Gasteiger partial charge in [-0.05, 0) is 56.2 Å². The molecule has 158 valence electrons. The third kappa shape index (κ3) is 6.31. The molecule has 2 rings (SSSR count). The molecule has 0 atom stereocenters. The van der Waals surface area contributed by atoms with Crippen molar-refractivity contribution < 1.29 is 38.1 Å². The second-order valence-corrected chi connectivity index (χ2v) is 7.05. The van der Waals surface area contributed by atoms with E-state index in [-0.39, 0.29) is 43.3 Å². The van der Waals surface area contributed by atoms with Crippen molar-refractivity contribution in [1.29, 1.82) is 5.26 Å². The van der Waals surface area contributed by atoms with Crippen molar-refractivity contribution in [3.8, 4) is 17.6 Å². The first kappa shape index (κ1) is 22.4. The molecule has 1 saturated carbocycles. The van der Waals surface area contributed by atoms with E-state index in [1.807, 2.05) is 0 Å². The van der Waals surface area contributed by atoms with Gasteiger partial charge < -0.3 is 19.7 Å². The normalized spacial score (nSPS) is 14.6. The van der Waals surface area contributed by atoms with Crippen molar-refractivity contribution in [1.82, 2.24) is 0 Å². The summed E-state index contributed by atoms with van der Waals surface area (Å²) >= 11 is 0. The topological polar surface area (TPSA) is 117 Å². The number of carboxylic acid groups (broad SMARTS) is 2. The second kappa shape index (κ2) is 10.0. The molecule has 1 aliphatic rings. The summed E-state index contributed by atoms with van der Waals surface area (Å²) in [5.41, 5.74) is -1.09. The Balaban J connectivity index is 2.42. The molecule has 0 saturated heterocycles. The highest BCUT2D eigenvalue weighted by Crippen LogP contribution is 2.40. The van der Waals surface area contributed by atoms with Gasteiger partial charge in [0, 0.05) is 12.8 Å². The quantitative estimate of drug-likeness (QED) is 0.563. The van der Waals surface area contributed by atoms with Crippen LogP contribution in [0.15, 0.2) is 18.2 Å². The highest BCUT2D eigenvalue weighted by atomic mass is 19.3. The zero-order valence-corrected chi connectivity index (χ0v) is 15.8. The summed E-state index contributed by atoms with van der Waals surface area (Å²) in [6.07, 6.45) is 2.33. The second-order valence-electron chi connectivity index (χ2n) is 7.05. The fourth-order valence-corrected chi connectivity index (χ4v) is 3.51. The van der Waals surface area contributed by atoms with Crippen molar-refractivity contribution in [3.05, 3.63) is 23.8 Å². The minimum absolute atomic E-state index is 0.0416. The number of nitrogens with zero attached hydrogens (tertiary/aromatic N) is 1. The molecular formula is C20H23F2NO6. The standard InChI is InChI=1S/C20H23F2NO6/c21-19(22)29-15-6-5-13(11-16(15)28-14-3-1-2-4-14)20(12-23,9-7-17(24)25)10-8-18(26)27/h5-6,11,14,19H,1-4,7-10H2,(H,24,25)(H,26,27). The lowest BCUT2D eigenvalue weighted by Crippen LogP contribution is -2.27. The third-order valence-electron chi connectivity index (χ3n) is 5.05. The molecule has 2 N–H and O–H groups in total. The minimum atomic E-state index is -3.06. The van der Waals surface area contributed by atoms with Gasteiger partial charge in [-0.15, -0.1) is 0 Å². The Morgan fingerprint density at radius 3 is 2.21 bits per heavy atom. The third-order valence-corrected chi connectivity index (χ3v) is 5.05. The predicted octanol–water partition coefficient (Wildman–Crippen LogP) is 4.10. The van der Waals surface area contributed by atoms with Crippen LogP contribution in [0.5, 0.6) is 11.5 Å². The molecule has 0 amide bonds. The van der Waals surface area contributed by atoms with Crippen molar-refractivity contribution in [2.24, 2.45) is 0 Å². The van der Waals surface area contributed by atoms with E-state index < -0.39 is 24.0 Å². The van der Waals surface area contributed by atoms with Crippen LogP contribution in [0.1, 0.15) is 56.9 Å². The molecule has 1 aromatic carbocycles. The number of carbonyl (C=O) groups is 2. The average Bonchev–Trinajstić information content (AvgIpc) is 3.16. The van der Waals surface area contributed by atoms with Crippen LogP contribution in [-0.4, -0.2) is 34.9 Å². The van der Waals surface area contributed by atoms with Gasteiger partial charge in [0.05, 0.1) is 17.6 Å². The van der Waals surface area contributed by atoms with Gasteiger partial charge in [-0.25, -0.2) is 0 Å². The van der Waals surface area contributed by atoms with Crippen LogP contribution >= 0.6 is 0 Å². The Bertz CT molecular complexity index is 753. The van der Waals surface area contributed by atoms with Crippen LogP contribution in [0.2, 0.25) is 0 Å². The first-order valence-electron chi connectivity index (χ1n) is 9.36. The summed E-state index contributed by atoms with van der Waals surface area (Å²) in [4.78, 5) is 22.1. The van der Waals surface area contributed by atoms with Crippen LogP contribution < -0.4 is 9.47 Å². The number of carboxylic acids is 2. The number of hydrogen-bond acceptors (Lipinski definition) is 5. The first-order chi connectivity index (χ1) is 13.8. The molecule has 29 heavy (non-hydrogen) atoms. The zero-order valence-electron chi connectivity index (χ0n) is 15.8. The van der Waals surface area contributed by atoms with Crippen LogP contribution in [0, 0.1) is 11.3 Å². The summed E-state index contributed by atoms with van der Waals surface area (Å²) < 4.78 is 35.9. The molecule has 0 spiro atoms. The minimum Gasteiger partial charge on any atom is -0.487 e. The molecule has 1 aromatic rings. The molecule has 9 heteroatoms. The predicted molar refractivity (Wildman–Crippen MR) is 97.0 cm³/mol. The lowest BCUT2D eigenvalue weighted by Gasteiger charge is -2.27. The van der Waals surface area contributed by atoms with E-state index in [4.69, 9.17) is 14.9 Å². The van der Waals surface area contributed by atoms with Crippen LogP contribution in [0.4, 0.5) is 8.78 Å². The number of benzene rings is 1. The Labute approximate surface area is 166 Å². The SMILES string of the molecule is N#CC(CCC(=O)O)(CCC(=O)O)c1ccc(OC(F)F)c(OC2CCCC2)c1. The van der Waals surface area contributed by atoms with Gasteiger partial charge in [-0.2, -0.15) is 14.0 Å². The molecule has 0 bridgehead atoms. The van der Waals surface area contributed by atoms with E-state index in [9.17, 15) is 23.6 Å². The summed E-state index contributed by atoms with van der Waals surface area (Å²) in [5, 5.41) is 27.9. The highest BCUT2D eigenvalue weighted by molar-refractivity contribution is 5.68. The lowest BCUT2D eigenvalue weighted by atomic mass is 9.74. The summed E-state index contributed by atoms with van der Waals surface area (Å²) in [6.45, 7) is -3.06. The van der Waals surface area contributed by atoms with Crippen LogP contribution in [0.25, 0.3) is 0 Å². The molecule has 0 unspecified atom stereocenters. The molecule has 7 nitrogen and oxygen atoms in total. The van der Waals surface area contributed by atoms with Crippen molar-refractivity contribution in [3.63, 3.8) is 0 Å². The van der Waals surface area contributed by atoms with Gasteiger partial charge in [0.2, 0.25) is 0 Å². The highest BCUT2D eigenvalue weighted by Gasteiger charge is 2.35. The van der Waals surface area contributed by atoms with E-state index in [2.05, 4.69) is 10.8 Å². The van der Waals surface area contributed by atoms with Gasteiger partial charge in [-0.1, -0.05) is 6.07 Å². The number of halogens is 2. The fraction of sp³-hybridized carbons (Fsp3) is 0.550. The molecule has 1 fully saturated rings. The maximum atomic E-state index is 12.8.